The molecular formula is C31H39ClN2O6. The molecule has 0 radical (unpaired) electrons. The van der Waals surface area contributed by atoms with Crippen molar-refractivity contribution in [2.24, 2.45) is 11.8 Å². The second kappa shape index (κ2) is 14.0. The van der Waals surface area contributed by atoms with Gasteiger partial charge in [0.15, 0.2) is 11.5 Å². The molecule has 2 fully saturated rings. The molecule has 2 aromatic rings. The molecule has 1 atom stereocenters. The van der Waals surface area contributed by atoms with Gasteiger partial charge in [0.2, 0.25) is 11.8 Å². The molecule has 1 N–H and O–H groups in total. The van der Waals surface area contributed by atoms with Crippen molar-refractivity contribution in [3.05, 3.63) is 58.6 Å². The molecule has 4 rings (SSSR count). The summed E-state index contributed by atoms with van der Waals surface area (Å²) in [6.07, 6.45) is 4.70. The average Bonchev–Trinajstić information content (AvgIpc) is 3.27. The molecule has 2 amide bonds. The summed E-state index contributed by atoms with van der Waals surface area (Å²) >= 11 is 6.18. The predicted octanol–water partition coefficient (Wildman–Crippen LogP) is 5.72. The van der Waals surface area contributed by atoms with Crippen molar-refractivity contribution < 1.29 is 29.0 Å². The molecule has 8 nitrogen and oxygen atoms in total. The smallest absolute Gasteiger partial charge is 0.306 e. The summed E-state index contributed by atoms with van der Waals surface area (Å²) in [5.74, 6) is 0.360. The quantitative estimate of drug-likeness (QED) is 0.308. The Morgan fingerprint density at radius 1 is 1.05 bits per heavy atom. The Kier molecular flexibility index (Phi) is 10.5. The van der Waals surface area contributed by atoms with Gasteiger partial charge in [-0.15, -0.1) is 0 Å². The summed E-state index contributed by atoms with van der Waals surface area (Å²) in [6, 6.07) is 14.1. The highest BCUT2D eigenvalue weighted by Crippen LogP contribution is 2.35. The van der Waals surface area contributed by atoms with E-state index in [2.05, 4.69) is 24.0 Å². The molecule has 0 spiro atoms. The van der Waals surface area contributed by atoms with E-state index < -0.39 is 5.97 Å². The number of benzene rings is 2. The first kappa shape index (κ1) is 29.9. The molecule has 9 heteroatoms. The van der Waals surface area contributed by atoms with Crippen LogP contribution in [0.3, 0.4) is 0 Å². The van der Waals surface area contributed by atoms with Crippen molar-refractivity contribution in [2.45, 2.75) is 64.5 Å². The highest BCUT2D eigenvalue weighted by molar-refractivity contribution is 6.30. The van der Waals surface area contributed by atoms with Gasteiger partial charge in [-0.2, -0.15) is 0 Å². The number of halogens is 1. The average molecular weight is 571 g/mol. The number of ether oxygens (including phenoxy) is 2. The van der Waals surface area contributed by atoms with Crippen molar-refractivity contribution in [3.63, 3.8) is 0 Å². The number of nitrogens with zero attached hydrogens (tertiary/aromatic N) is 2. The van der Waals surface area contributed by atoms with Crippen molar-refractivity contribution in [1.29, 1.82) is 0 Å². The third kappa shape index (κ3) is 7.55. The Balaban J connectivity index is 1.48. The molecule has 1 saturated carbocycles. The second-order valence-electron chi connectivity index (χ2n) is 10.7. The number of likely N-dealkylation sites (tertiary alicyclic amines) is 1. The van der Waals surface area contributed by atoms with Crippen LogP contribution in [0.4, 0.5) is 0 Å². The number of rotatable bonds is 13. The number of aliphatic carboxylic acids is 1. The maximum atomic E-state index is 11.9. The predicted molar refractivity (Wildman–Crippen MR) is 152 cm³/mol. The molecule has 1 heterocycles. The third-order valence-corrected chi connectivity index (χ3v) is 8.36. The van der Waals surface area contributed by atoms with Gasteiger partial charge < -0.3 is 14.6 Å². The highest BCUT2D eigenvalue weighted by Gasteiger charge is 2.30. The summed E-state index contributed by atoms with van der Waals surface area (Å²) in [6.45, 7) is 4.16. The van der Waals surface area contributed by atoms with E-state index in [0.717, 1.165) is 44.2 Å². The van der Waals surface area contributed by atoms with E-state index in [0.29, 0.717) is 29.0 Å². The molecule has 216 valence electrons. The zero-order valence-corrected chi connectivity index (χ0v) is 24.1. The van der Waals surface area contributed by atoms with Crippen LogP contribution in [0.5, 0.6) is 11.5 Å². The molecule has 40 heavy (non-hydrogen) atoms. The number of carbonyl (C=O) groups excluding carboxylic acids is 2. The topological polar surface area (TPSA) is 96.4 Å². The Morgan fingerprint density at radius 2 is 1.73 bits per heavy atom. The van der Waals surface area contributed by atoms with Crippen molar-refractivity contribution in [1.82, 2.24) is 9.80 Å². The van der Waals surface area contributed by atoms with Gasteiger partial charge in [-0.1, -0.05) is 36.7 Å². The maximum absolute atomic E-state index is 11.9. The molecule has 2 aliphatic rings. The van der Waals surface area contributed by atoms with Crippen LogP contribution in [0.1, 0.15) is 69.0 Å². The molecule has 0 aromatic heterocycles. The molecule has 0 bridgehead atoms. The monoisotopic (exact) mass is 570 g/mol. The van der Waals surface area contributed by atoms with Gasteiger partial charge in [0.05, 0.1) is 19.6 Å². The summed E-state index contributed by atoms with van der Waals surface area (Å²) in [5, 5.41) is 10.1. The summed E-state index contributed by atoms with van der Waals surface area (Å²) in [4.78, 5) is 38.9. The van der Waals surface area contributed by atoms with Crippen molar-refractivity contribution in [2.75, 3.05) is 26.8 Å². The minimum absolute atomic E-state index is 0.154. The molecule has 1 aliphatic heterocycles. The second-order valence-corrected chi connectivity index (χ2v) is 11.2. The van der Waals surface area contributed by atoms with Gasteiger partial charge >= 0.3 is 5.97 Å². The molecule has 1 unspecified atom stereocenters. The van der Waals surface area contributed by atoms with Gasteiger partial charge in [0.1, 0.15) is 6.61 Å². The Bertz CT molecular complexity index is 1160. The summed E-state index contributed by atoms with van der Waals surface area (Å²) in [7, 11) is 1.60. The van der Waals surface area contributed by atoms with E-state index >= 15 is 0 Å². The SMILES string of the molecule is CCC(c1ccc(Cl)cc1)N(Cc1ccc(OCCN2C(=O)CCC2=O)c(OC)c1)CC1CCC(C(=O)O)CC1. The standard InChI is InChI=1S/C31H39ClN2O6/c1-3-26(23-9-11-25(32)12-10-23)33(19-21-4-7-24(8-5-21)31(37)38)20-22-6-13-27(28(18-22)39-2)40-17-16-34-29(35)14-15-30(34)36/h6,9-13,18,21,24,26H,3-5,7-8,14-17,19-20H2,1-2H3,(H,37,38). The largest absolute Gasteiger partial charge is 0.493 e. The van der Waals surface area contributed by atoms with Crippen LogP contribution < -0.4 is 9.47 Å². The van der Waals surface area contributed by atoms with Gasteiger partial charge in [-0.05, 0) is 73.4 Å². The van der Waals surface area contributed by atoms with Crippen LogP contribution in [-0.4, -0.2) is 59.5 Å². The van der Waals surface area contributed by atoms with E-state index in [4.69, 9.17) is 21.1 Å². The van der Waals surface area contributed by atoms with Crippen LogP contribution in [0.25, 0.3) is 0 Å². The number of amides is 2. The normalized spacial score (nSPS) is 20.1. The molecular weight excluding hydrogens is 532 g/mol. The number of methoxy groups -OCH3 is 1. The van der Waals surface area contributed by atoms with E-state index in [1.54, 1.807) is 7.11 Å². The lowest BCUT2D eigenvalue weighted by atomic mass is 9.81. The Labute approximate surface area is 241 Å². The van der Waals surface area contributed by atoms with E-state index in [1.807, 2.05) is 30.3 Å². The van der Waals surface area contributed by atoms with Crippen LogP contribution in [0, 0.1) is 11.8 Å². The number of carbonyl (C=O) groups is 3. The van der Waals surface area contributed by atoms with Gasteiger partial charge in [0, 0.05) is 37.0 Å². The van der Waals surface area contributed by atoms with Crippen LogP contribution in [0.2, 0.25) is 5.02 Å². The van der Waals surface area contributed by atoms with E-state index in [-0.39, 0.29) is 49.8 Å². The number of imide groups is 1. The first-order chi connectivity index (χ1) is 19.3. The Morgan fingerprint density at radius 3 is 2.33 bits per heavy atom. The Hall–Kier alpha value is -3.10. The first-order valence-electron chi connectivity index (χ1n) is 14.1. The maximum Gasteiger partial charge on any atom is 0.306 e. The van der Waals surface area contributed by atoms with Gasteiger partial charge in [-0.25, -0.2) is 0 Å². The highest BCUT2D eigenvalue weighted by atomic mass is 35.5. The number of hydrogen-bond donors (Lipinski definition) is 1. The van der Waals surface area contributed by atoms with Crippen LogP contribution in [-0.2, 0) is 20.9 Å². The lowest BCUT2D eigenvalue weighted by molar-refractivity contribution is -0.143. The zero-order valence-electron chi connectivity index (χ0n) is 23.3. The van der Waals surface area contributed by atoms with Crippen LogP contribution in [0.15, 0.2) is 42.5 Å². The van der Waals surface area contributed by atoms with Gasteiger partial charge in [-0.3, -0.25) is 24.2 Å². The number of hydrogen-bond acceptors (Lipinski definition) is 6. The number of carboxylic acid groups (broad SMARTS) is 1. The zero-order chi connectivity index (χ0) is 28.6. The fourth-order valence-electron chi connectivity index (χ4n) is 5.90. The lowest BCUT2D eigenvalue weighted by Crippen LogP contribution is -2.35. The summed E-state index contributed by atoms with van der Waals surface area (Å²) < 4.78 is 11.5. The fraction of sp³-hybridized carbons (Fsp3) is 0.516. The summed E-state index contributed by atoms with van der Waals surface area (Å²) in [5.41, 5.74) is 2.27. The minimum atomic E-state index is -0.684. The van der Waals surface area contributed by atoms with Crippen LogP contribution >= 0.6 is 11.6 Å². The molecule has 2 aromatic carbocycles. The fourth-order valence-corrected chi connectivity index (χ4v) is 6.02. The molecule has 1 aliphatic carbocycles. The van der Waals surface area contributed by atoms with Crippen molar-refractivity contribution in [3.8, 4) is 11.5 Å². The molecule has 1 saturated heterocycles. The van der Waals surface area contributed by atoms with Crippen molar-refractivity contribution >= 4 is 29.4 Å². The minimum Gasteiger partial charge on any atom is -0.493 e. The van der Waals surface area contributed by atoms with Gasteiger partial charge in [0.25, 0.3) is 0 Å². The lowest BCUT2D eigenvalue weighted by Gasteiger charge is -2.36. The van der Waals surface area contributed by atoms with E-state index in [1.165, 1.54) is 10.5 Å². The third-order valence-electron chi connectivity index (χ3n) is 8.11. The van der Waals surface area contributed by atoms with E-state index in [9.17, 15) is 19.5 Å². The first-order valence-corrected chi connectivity index (χ1v) is 14.5. The number of carboxylic acids is 1.